The van der Waals surface area contributed by atoms with Crippen LogP contribution in [0.3, 0.4) is 0 Å². The molecule has 0 saturated heterocycles. The lowest BCUT2D eigenvalue weighted by atomic mass is 9.92. The van der Waals surface area contributed by atoms with E-state index in [4.69, 9.17) is 0 Å². The fourth-order valence-electron chi connectivity index (χ4n) is 2.32. The minimum absolute atomic E-state index is 0.0805. The second-order valence-corrected chi connectivity index (χ2v) is 9.17. The van der Waals surface area contributed by atoms with Crippen LogP contribution in [0.5, 0.6) is 0 Å². The lowest BCUT2D eigenvalue weighted by molar-refractivity contribution is 0.0949. The van der Waals surface area contributed by atoms with Gasteiger partial charge in [-0.15, -0.1) is 0 Å². The summed E-state index contributed by atoms with van der Waals surface area (Å²) in [7, 11) is -3.69. The van der Waals surface area contributed by atoms with Crippen LogP contribution >= 0.6 is 0 Å². The summed E-state index contributed by atoms with van der Waals surface area (Å²) in [6, 6.07) is 15.4. The molecule has 2 aromatic carbocycles. The highest BCUT2D eigenvalue weighted by Gasteiger charge is 2.16. The SMILES string of the molecule is CC(C)(C)CCNC(=O)c1cccc(S(=O)(=O)NCc2ccccc2)c1. The normalized spacial score (nSPS) is 12.0. The van der Waals surface area contributed by atoms with Crippen LogP contribution in [0.15, 0.2) is 59.5 Å². The Morgan fingerprint density at radius 2 is 1.69 bits per heavy atom. The maximum atomic E-state index is 12.5. The van der Waals surface area contributed by atoms with Gasteiger partial charge in [-0.25, -0.2) is 13.1 Å². The first kappa shape index (κ1) is 20.1. The van der Waals surface area contributed by atoms with Gasteiger partial charge in [0.05, 0.1) is 4.90 Å². The molecule has 2 N–H and O–H groups in total. The minimum Gasteiger partial charge on any atom is -0.352 e. The fraction of sp³-hybridized carbons (Fsp3) is 0.350. The summed E-state index contributed by atoms with van der Waals surface area (Å²) >= 11 is 0. The van der Waals surface area contributed by atoms with Crippen molar-refractivity contribution in [1.82, 2.24) is 10.0 Å². The second-order valence-electron chi connectivity index (χ2n) is 7.40. The molecule has 1 amide bonds. The van der Waals surface area contributed by atoms with E-state index in [9.17, 15) is 13.2 Å². The van der Waals surface area contributed by atoms with Crippen LogP contribution in [-0.2, 0) is 16.6 Å². The van der Waals surface area contributed by atoms with Gasteiger partial charge in [-0.05, 0) is 35.6 Å². The summed E-state index contributed by atoms with van der Waals surface area (Å²) in [5.74, 6) is -0.269. The molecule has 0 spiro atoms. The summed E-state index contributed by atoms with van der Waals surface area (Å²) < 4.78 is 27.5. The number of hydrogen-bond donors (Lipinski definition) is 2. The zero-order valence-corrected chi connectivity index (χ0v) is 16.3. The first-order chi connectivity index (χ1) is 12.2. The number of benzene rings is 2. The lowest BCUT2D eigenvalue weighted by Crippen LogP contribution is -2.28. The van der Waals surface area contributed by atoms with Crippen LogP contribution in [0.1, 0.15) is 43.1 Å². The average Bonchev–Trinajstić information content (AvgIpc) is 2.60. The molecule has 0 aliphatic heterocycles. The van der Waals surface area contributed by atoms with Crippen LogP contribution in [0, 0.1) is 5.41 Å². The molecule has 0 unspecified atom stereocenters. The third kappa shape index (κ3) is 6.28. The first-order valence-corrected chi connectivity index (χ1v) is 10.1. The smallest absolute Gasteiger partial charge is 0.251 e. The van der Waals surface area contributed by atoms with Crippen molar-refractivity contribution in [3.63, 3.8) is 0 Å². The molecule has 140 valence electrons. The Morgan fingerprint density at radius 1 is 1.00 bits per heavy atom. The van der Waals surface area contributed by atoms with E-state index < -0.39 is 10.0 Å². The number of rotatable bonds is 7. The molecule has 0 atom stereocenters. The Labute approximate surface area is 155 Å². The molecule has 2 rings (SSSR count). The van der Waals surface area contributed by atoms with E-state index in [1.807, 2.05) is 30.3 Å². The van der Waals surface area contributed by atoms with E-state index in [1.54, 1.807) is 12.1 Å². The number of sulfonamides is 1. The third-order valence-corrected chi connectivity index (χ3v) is 5.28. The third-order valence-electron chi connectivity index (χ3n) is 3.88. The minimum atomic E-state index is -3.69. The van der Waals surface area contributed by atoms with E-state index >= 15 is 0 Å². The van der Waals surface area contributed by atoms with E-state index in [1.165, 1.54) is 12.1 Å². The summed E-state index contributed by atoms with van der Waals surface area (Å²) in [6.07, 6.45) is 0.843. The Hall–Kier alpha value is -2.18. The van der Waals surface area contributed by atoms with Gasteiger partial charge < -0.3 is 5.32 Å². The van der Waals surface area contributed by atoms with Crippen molar-refractivity contribution in [1.29, 1.82) is 0 Å². The van der Waals surface area contributed by atoms with Gasteiger partial charge in [-0.1, -0.05) is 57.2 Å². The van der Waals surface area contributed by atoms with Gasteiger partial charge in [0.15, 0.2) is 0 Å². The fourth-order valence-corrected chi connectivity index (χ4v) is 3.38. The van der Waals surface area contributed by atoms with Crippen molar-refractivity contribution in [2.45, 2.75) is 38.6 Å². The summed E-state index contributed by atoms with van der Waals surface area (Å²) in [5, 5.41) is 2.84. The molecule has 0 aliphatic rings. The second kappa shape index (κ2) is 8.47. The maximum Gasteiger partial charge on any atom is 0.251 e. The van der Waals surface area contributed by atoms with Crippen molar-refractivity contribution in [3.05, 3.63) is 65.7 Å². The van der Waals surface area contributed by atoms with Gasteiger partial charge in [-0.2, -0.15) is 0 Å². The number of carbonyl (C=O) groups excluding carboxylic acids is 1. The van der Waals surface area contributed by atoms with Gasteiger partial charge >= 0.3 is 0 Å². The molecule has 0 radical (unpaired) electrons. The highest BCUT2D eigenvalue weighted by atomic mass is 32.2. The van der Waals surface area contributed by atoms with Crippen LogP contribution in [0.2, 0.25) is 0 Å². The number of nitrogens with one attached hydrogen (secondary N) is 2. The number of carbonyl (C=O) groups is 1. The van der Waals surface area contributed by atoms with E-state index in [0.29, 0.717) is 12.1 Å². The highest BCUT2D eigenvalue weighted by Crippen LogP contribution is 2.17. The van der Waals surface area contributed by atoms with Gasteiger partial charge in [0.2, 0.25) is 10.0 Å². The topological polar surface area (TPSA) is 75.3 Å². The quantitative estimate of drug-likeness (QED) is 0.780. The van der Waals surface area contributed by atoms with Crippen LogP contribution in [-0.4, -0.2) is 20.9 Å². The standard InChI is InChI=1S/C20H26N2O3S/c1-20(2,3)12-13-21-19(23)17-10-7-11-18(14-17)26(24,25)22-15-16-8-5-4-6-9-16/h4-11,14,22H,12-13,15H2,1-3H3,(H,21,23). The lowest BCUT2D eigenvalue weighted by Gasteiger charge is -2.18. The van der Waals surface area contributed by atoms with Crippen molar-refractivity contribution >= 4 is 15.9 Å². The molecule has 5 nitrogen and oxygen atoms in total. The van der Waals surface area contributed by atoms with Crippen LogP contribution in [0.25, 0.3) is 0 Å². The maximum absolute atomic E-state index is 12.5. The monoisotopic (exact) mass is 374 g/mol. The van der Waals surface area contributed by atoms with Gasteiger partial charge in [0.25, 0.3) is 5.91 Å². The molecule has 0 aliphatic carbocycles. The van der Waals surface area contributed by atoms with E-state index in [0.717, 1.165) is 12.0 Å². The highest BCUT2D eigenvalue weighted by molar-refractivity contribution is 7.89. The number of hydrogen-bond acceptors (Lipinski definition) is 3. The molecular formula is C20H26N2O3S. The Kier molecular flexibility index (Phi) is 6.56. The Balaban J connectivity index is 2.03. The summed E-state index contributed by atoms with van der Waals surface area (Å²) in [5.41, 5.74) is 1.33. The molecule has 0 heterocycles. The Bertz CT molecular complexity index is 841. The van der Waals surface area contributed by atoms with Gasteiger partial charge in [0.1, 0.15) is 0 Å². The molecule has 0 bridgehead atoms. The molecule has 6 heteroatoms. The van der Waals surface area contributed by atoms with Crippen molar-refractivity contribution in [2.75, 3.05) is 6.54 Å². The average molecular weight is 375 g/mol. The van der Waals surface area contributed by atoms with Gasteiger partial charge in [-0.3, -0.25) is 4.79 Å². The van der Waals surface area contributed by atoms with Crippen molar-refractivity contribution in [3.8, 4) is 0 Å². The molecule has 0 aromatic heterocycles. The summed E-state index contributed by atoms with van der Waals surface area (Å²) in [4.78, 5) is 12.3. The largest absolute Gasteiger partial charge is 0.352 e. The van der Waals surface area contributed by atoms with Gasteiger partial charge in [0, 0.05) is 18.7 Å². The zero-order chi connectivity index (χ0) is 19.2. The number of amides is 1. The molecule has 26 heavy (non-hydrogen) atoms. The first-order valence-electron chi connectivity index (χ1n) is 8.59. The predicted molar refractivity (Wildman–Crippen MR) is 103 cm³/mol. The van der Waals surface area contributed by atoms with E-state index in [2.05, 4.69) is 30.8 Å². The van der Waals surface area contributed by atoms with Crippen molar-refractivity contribution < 1.29 is 13.2 Å². The summed E-state index contributed by atoms with van der Waals surface area (Å²) in [6.45, 7) is 7.05. The molecular weight excluding hydrogens is 348 g/mol. The zero-order valence-electron chi connectivity index (χ0n) is 15.5. The Morgan fingerprint density at radius 3 is 2.35 bits per heavy atom. The molecule has 0 fully saturated rings. The predicted octanol–water partition coefficient (Wildman–Crippen LogP) is 3.33. The molecule has 2 aromatic rings. The van der Waals surface area contributed by atoms with Crippen LogP contribution in [0.4, 0.5) is 0 Å². The molecule has 0 saturated carbocycles. The van der Waals surface area contributed by atoms with Crippen LogP contribution < -0.4 is 10.0 Å². The van der Waals surface area contributed by atoms with E-state index in [-0.39, 0.29) is 22.8 Å². The van der Waals surface area contributed by atoms with Crippen molar-refractivity contribution in [2.24, 2.45) is 5.41 Å².